The molecule has 1 aliphatic carbocycles. The second kappa shape index (κ2) is 7.35. The molecule has 0 amide bonds. The van der Waals surface area contributed by atoms with Crippen molar-refractivity contribution in [3.05, 3.63) is 35.4 Å². The molecule has 1 aromatic rings. The minimum Gasteiger partial charge on any atom is -0.310 e. The molecule has 1 aliphatic rings. The minimum atomic E-state index is 0.629. The Morgan fingerprint density at radius 1 is 1.11 bits per heavy atom. The summed E-state index contributed by atoms with van der Waals surface area (Å²) in [5, 5.41) is 4.63. The number of rotatable bonds is 5. The van der Waals surface area contributed by atoms with Gasteiger partial charge in [0.25, 0.3) is 0 Å². The van der Waals surface area contributed by atoms with E-state index in [0.29, 0.717) is 5.92 Å². The van der Waals surface area contributed by atoms with Gasteiger partial charge in [0.2, 0.25) is 0 Å². The number of nitrogens with one attached hydrogen (secondary N) is 1. The van der Waals surface area contributed by atoms with E-state index in [1.165, 1.54) is 36.8 Å². The average Bonchev–Trinajstić information content (AvgIpc) is 2.46. The molecule has 0 bridgehead atoms. The summed E-state index contributed by atoms with van der Waals surface area (Å²) in [4.78, 5) is 0. The van der Waals surface area contributed by atoms with Crippen LogP contribution in [-0.2, 0) is 6.54 Å². The molecule has 2 heteroatoms. The molecule has 0 heterocycles. The smallest absolute Gasteiger partial charge is 0.0208 e. The van der Waals surface area contributed by atoms with Crippen LogP contribution in [0, 0.1) is 0 Å². The third kappa shape index (κ3) is 4.54. The van der Waals surface area contributed by atoms with Crippen molar-refractivity contribution in [1.29, 1.82) is 0 Å². The second-order valence-electron chi connectivity index (χ2n) is 5.99. The summed E-state index contributed by atoms with van der Waals surface area (Å²) in [6.07, 6.45) is 7.69. The predicted molar refractivity (Wildman–Crippen MR) is 86.9 cm³/mol. The van der Waals surface area contributed by atoms with Crippen LogP contribution in [0.3, 0.4) is 0 Å². The number of hydrogen-bond acceptors (Lipinski definition) is 2. The van der Waals surface area contributed by atoms with Gasteiger partial charge in [-0.2, -0.15) is 11.8 Å². The fourth-order valence-electron chi connectivity index (χ4n) is 2.79. The maximum atomic E-state index is 3.72. The van der Waals surface area contributed by atoms with E-state index in [1.54, 1.807) is 0 Å². The van der Waals surface area contributed by atoms with E-state index < -0.39 is 0 Å². The Labute approximate surface area is 122 Å². The normalized spacial score (nSPS) is 23.8. The van der Waals surface area contributed by atoms with Crippen molar-refractivity contribution in [2.24, 2.45) is 0 Å². The third-order valence-electron chi connectivity index (χ3n) is 4.25. The SMILES string of the molecule is CSC1CCC(NCc2ccc(C(C)C)cc2)CC1. The first-order valence-electron chi connectivity index (χ1n) is 7.54. The second-order valence-corrected chi connectivity index (χ2v) is 7.12. The monoisotopic (exact) mass is 277 g/mol. The highest BCUT2D eigenvalue weighted by Crippen LogP contribution is 2.27. The van der Waals surface area contributed by atoms with Gasteiger partial charge in [0, 0.05) is 17.8 Å². The molecule has 0 radical (unpaired) electrons. The molecule has 106 valence electrons. The van der Waals surface area contributed by atoms with Crippen molar-refractivity contribution in [2.45, 2.75) is 63.3 Å². The lowest BCUT2D eigenvalue weighted by atomic mass is 9.94. The van der Waals surface area contributed by atoms with E-state index >= 15 is 0 Å². The van der Waals surface area contributed by atoms with Gasteiger partial charge < -0.3 is 5.32 Å². The fourth-order valence-corrected chi connectivity index (χ4v) is 3.53. The predicted octanol–water partition coefficient (Wildman–Crippen LogP) is 4.57. The highest BCUT2D eigenvalue weighted by atomic mass is 32.2. The van der Waals surface area contributed by atoms with Gasteiger partial charge in [-0.15, -0.1) is 0 Å². The molecular weight excluding hydrogens is 250 g/mol. The van der Waals surface area contributed by atoms with E-state index in [9.17, 15) is 0 Å². The van der Waals surface area contributed by atoms with Crippen molar-refractivity contribution in [3.63, 3.8) is 0 Å². The quantitative estimate of drug-likeness (QED) is 0.846. The van der Waals surface area contributed by atoms with Gasteiger partial charge in [-0.25, -0.2) is 0 Å². The zero-order valence-corrected chi connectivity index (χ0v) is 13.3. The molecule has 2 rings (SSSR count). The largest absolute Gasteiger partial charge is 0.310 e. The van der Waals surface area contributed by atoms with Gasteiger partial charge >= 0.3 is 0 Å². The Kier molecular flexibility index (Phi) is 5.77. The first-order valence-corrected chi connectivity index (χ1v) is 8.83. The van der Waals surface area contributed by atoms with Gasteiger partial charge in [-0.1, -0.05) is 38.1 Å². The van der Waals surface area contributed by atoms with Crippen LogP contribution in [0.5, 0.6) is 0 Å². The number of thioether (sulfide) groups is 1. The number of hydrogen-bond donors (Lipinski definition) is 1. The standard InChI is InChI=1S/C17H27NS/c1-13(2)15-6-4-14(5-7-15)12-18-16-8-10-17(19-3)11-9-16/h4-7,13,16-18H,8-12H2,1-3H3. The molecule has 1 nitrogen and oxygen atoms in total. The lowest BCUT2D eigenvalue weighted by molar-refractivity contribution is 0.379. The lowest BCUT2D eigenvalue weighted by Gasteiger charge is -2.28. The molecule has 0 aromatic heterocycles. The van der Waals surface area contributed by atoms with Crippen LogP contribution in [-0.4, -0.2) is 17.5 Å². The molecule has 0 aliphatic heterocycles. The summed E-state index contributed by atoms with van der Waals surface area (Å²) in [5.41, 5.74) is 2.85. The molecule has 0 saturated heterocycles. The van der Waals surface area contributed by atoms with Crippen LogP contribution < -0.4 is 5.32 Å². The third-order valence-corrected chi connectivity index (χ3v) is 5.39. The van der Waals surface area contributed by atoms with Crippen molar-refractivity contribution < 1.29 is 0 Å². The highest BCUT2D eigenvalue weighted by molar-refractivity contribution is 7.99. The van der Waals surface area contributed by atoms with Crippen molar-refractivity contribution >= 4 is 11.8 Å². The van der Waals surface area contributed by atoms with Crippen molar-refractivity contribution in [3.8, 4) is 0 Å². The van der Waals surface area contributed by atoms with E-state index in [0.717, 1.165) is 17.8 Å². The fraction of sp³-hybridized carbons (Fsp3) is 0.647. The summed E-state index contributed by atoms with van der Waals surface area (Å²) in [5.74, 6) is 0.629. The van der Waals surface area contributed by atoms with Gasteiger partial charge in [-0.05, 0) is 49.0 Å². The van der Waals surface area contributed by atoms with E-state index in [-0.39, 0.29) is 0 Å². The van der Waals surface area contributed by atoms with Crippen molar-refractivity contribution in [2.75, 3.05) is 6.26 Å². The topological polar surface area (TPSA) is 12.0 Å². The van der Waals surface area contributed by atoms with Gasteiger partial charge in [0.15, 0.2) is 0 Å². The maximum Gasteiger partial charge on any atom is 0.0208 e. The Bertz CT molecular complexity index is 363. The van der Waals surface area contributed by atoms with Crippen LogP contribution in [0.2, 0.25) is 0 Å². The Morgan fingerprint density at radius 3 is 2.26 bits per heavy atom. The van der Waals surface area contributed by atoms with Crippen LogP contribution in [0.4, 0.5) is 0 Å². The van der Waals surface area contributed by atoms with Crippen LogP contribution in [0.1, 0.15) is 56.6 Å². The Hall–Kier alpha value is -0.470. The molecule has 0 unspecified atom stereocenters. The molecule has 1 aromatic carbocycles. The molecule has 0 atom stereocenters. The average molecular weight is 277 g/mol. The van der Waals surface area contributed by atoms with E-state index in [1.807, 2.05) is 11.8 Å². The zero-order chi connectivity index (χ0) is 13.7. The molecule has 1 N–H and O–H groups in total. The summed E-state index contributed by atoms with van der Waals surface area (Å²) in [6.45, 7) is 5.52. The summed E-state index contributed by atoms with van der Waals surface area (Å²) < 4.78 is 0. The lowest BCUT2D eigenvalue weighted by Crippen LogP contribution is -2.33. The summed E-state index contributed by atoms with van der Waals surface area (Å²) >= 11 is 2.04. The minimum absolute atomic E-state index is 0.629. The molecule has 19 heavy (non-hydrogen) atoms. The Morgan fingerprint density at radius 2 is 1.74 bits per heavy atom. The molecular formula is C17H27NS. The van der Waals surface area contributed by atoms with Crippen LogP contribution >= 0.6 is 11.8 Å². The van der Waals surface area contributed by atoms with Crippen LogP contribution in [0.25, 0.3) is 0 Å². The summed E-state index contributed by atoms with van der Waals surface area (Å²) in [7, 11) is 0. The molecule has 0 spiro atoms. The maximum absolute atomic E-state index is 3.72. The Balaban J connectivity index is 1.76. The highest BCUT2D eigenvalue weighted by Gasteiger charge is 2.19. The van der Waals surface area contributed by atoms with E-state index in [4.69, 9.17) is 0 Å². The van der Waals surface area contributed by atoms with Gasteiger partial charge in [-0.3, -0.25) is 0 Å². The zero-order valence-electron chi connectivity index (χ0n) is 12.5. The number of benzene rings is 1. The van der Waals surface area contributed by atoms with Crippen molar-refractivity contribution in [1.82, 2.24) is 5.32 Å². The van der Waals surface area contributed by atoms with Gasteiger partial charge in [0.1, 0.15) is 0 Å². The first-order chi connectivity index (χ1) is 9.19. The van der Waals surface area contributed by atoms with Crippen LogP contribution in [0.15, 0.2) is 24.3 Å². The molecule has 1 saturated carbocycles. The van der Waals surface area contributed by atoms with E-state index in [2.05, 4.69) is 49.7 Å². The van der Waals surface area contributed by atoms with Gasteiger partial charge in [0.05, 0.1) is 0 Å². The molecule has 1 fully saturated rings. The summed E-state index contributed by atoms with van der Waals surface area (Å²) in [6, 6.07) is 9.82. The first kappa shape index (κ1) is 14.9.